The molecule has 0 radical (unpaired) electrons. The number of piperidine rings is 1. The van der Waals surface area contributed by atoms with Gasteiger partial charge in [-0.25, -0.2) is 0 Å². The first-order chi connectivity index (χ1) is 15.1. The van der Waals surface area contributed by atoms with Crippen LogP contribution in [0.1, 0.15) is 23.2 Å². The molecule has 1 fully saturated rings. The minimum absolute atomic E-state index is 0.0248. The lowest BCUT2D eigenvalue weighted by atomic mass is 10.0. The number of amides is 2. The topological polar surface area (TPSA) is 97.6 Å². The van der Waals surface area contributed by atoms with Crippen LogP contribution >= 0.6 is 23.1 Å². The van der Waals surface area contributed by atoms with Crippen LogP contribution in [0.25, 0.3) is 11.5 Å². The molecule has 1 saturated heterocycles. The maximum atomic E-state index is 12.5. The third kappa shape index (κ3) is 5.45. The maximum absolute atomic E-state index is 12.5. The second-order valence-electron chi connectivity index (χ2n) is 7.03. The van der Waals surface area contributed by atoms with Crippen LogP contribution in [0.15, 0.2) is 50.7 Å². The Labute approximate surface area is 188 Å². The van der Waals surface area contributed by atoms with Gasteiger partial charge in [0, 0.05) is 35.6 Å². The van der Waals surface area contributed by atoms with Gasteiger partial charge in [-0.05, 0) is 48.6 Å². The Balaban J connectivity index is 1.22. The van der Waals surface area contributed by atoms with E-state index >= 15 is 0 Å². The summed E-state index contributed by atoms with van der Waals surface area (Å²) in [5, 5.41) is 15.2. The van der Waals surface area contributed by atoms with Crippen LogP contribution in [-0.4, -0.2) is 58.9 Å². The van der Waals surface area contributed by atoms with Crippen molar-refractivity contribution in [2.45, 2.75) is 24.1 Å². The van der Waals surface area contributed by atoms with Crippen LogP contribution in [0.3, 0.4) is 0 Å². The first-order valence-electron chi connectivity index (χ1n) is 9.84. The summed E-state index contributed by atoms with van der Waals surface area (Å²) in [5.41, 5.74) is 1.48. The molecule has 3 aromatic rings. The molecule has 0 atom stereocenters. The van der Waals surface area contributed by atoms with Crippen LogP contribution in [0.5, 0.6) is 5.75 Å². The molecule has 8 nitrogen and oxygen atoms in total. The summed E-state index contributed by atoms with van der Waals surface area (Å²) in [6.45, 7) is 1.24. The number of carbonyl (C=O) groups is 2. The van der Waals surface area contributed by atoms with Crippen LogP contribution in [0.2, 0.25) is 0 Å². The molecule has 1 aliphatic heterocycles. The minimum atomic E-state index is -0.0503. The van der Waals surface area contributed by atoms with Gasteiger partial charge in [0.05, 0.1) is 12.9 Å². The highest BCUT2D eigenvalue weighted by molar-refractivity contribution is 7.99. The number of likely N-dealkylation sites (tertiary alicyclic amines) is 1. The van der Waals surface area contributed by atoms with E-state index in [1.165, 1.54) is 23.1 Å². The van der Waals surface area contributed by atoms with Crippen molar-refractivity contribution in [2.75, 3.05) is 26.0 Å². The fraction of sp³-hybridized carbons (Fsp3) is 0.333. The van der Waals surface area contributed by atoms with E-state index in [9.17, 15) is 9.59 Å². The van der Waals surface area contributed by atoms with E-state index in [1.807, 2.05) is 46.0 Å². The quantitative estimate of drug-likeness (QED) is 0.543. The van der Waals surface area contributed by atoms with E-state index < -0.39 is 0 Å². The van der Waals surface area contributed by atoms with Crippen LogP contribution in [0.4, 0.5) is 0 Å². The number of ether oxygens (including phenoxy) is 1. The molecule has 0 unspecified atom stereocenters. The van der Waals surface area contributed by atoms with Gasteiger partial charge in [-0.1, -0.05) is 11.8 Å². The lowest BCUT2D eigenvalue weighted by molar-refractivity contribution is -0.129. The predicted octanol–water partition coefficient (Wildman–Crippen LogP) is 3.32. The van der Waals surface area contributed by atoms with Crippen molar-refractivity contribution < 1.29 is 18.7 Å². The highest BCUT2D eigenvalue weighted by atomic mass is 32.2. The van der Waals surface area contributed by atoms with Gasteiger partial charge in [-0.2, -0.15) is 11.3 Å². The number of nitrogens with zero attached hydrogens (tertiary/aromatic N) is 3. The summed E-state index contributed by atoms with van der Waals surface area (Å²) >= 11 is 2.73. The Morgan fingerprint density at radius 3 is 2.68 bits per heavy atom. The molecule has 2 amide bonds. The lowest BCUT2D eigenvalue weighted by Crippen LogP contribution is -2.47. The largest absolute Gasteiger partial charge is 0.497 e. The van der Waals surface area contributed by atoms with Gasteiger partial charge in [-0.15, -0.1) is 10.2 Å². The van der Waals surface area contributed by atoms with Gasteiger partial charge in [-0.3, -0.25) is 9.59 Å². The number of hydrogen-bond acceptors (Lipinski definition) is 8. The molecule has 31 heavy (non-hydrogen) atoms. The fourth-order valence-electron chi connectivity index (χ4n) is 3.27. The van der Waals surface area contributed by atoms with Crippen molar-refractivity contribution in [3.63, 3.8) is 0 Å². The zero-order chi connectivity index (χ0) is 21.6. The molecule has 3 heterocycles. The average Bonchev–Trinajstić information content (AvgIpc) is 3.50. The van der Waals surface area contributed by atoms with E-state index in [0.29, 0.717) is 29.8 Å². The molecular formula is C21H22N4O4S2. The summed E-state index contributed by atoms with van der Waals surface area (Å²) in [6.07, 6.45) is 1.49. The summed E-state index contributed by atoms with van der Waals surface area (Å²) < 4.78 is 10.8. The zero-order valence-corrected chi connectivity index (χ0v) is 18.6. The highest BCUT2D eigenvalue weighted by Gasteiger charge is 2.24. The number of benzene rings is 1. The van der Waals surface area contributed by atoms with Crippen LogP contribution in [0, 0.1) is 0 Å². The predicted molar refractivity (Wildman–Crippen MR) is 118 cm³/mol. The molecule has 4 rings (SSSR count). The molecule has 0 saturated carbocycles. The maximum Gasteiger partial charge on any atom is 0.277 e. The number of thiophene rings is 1. The standard InChI is InChI=1S/C21H22N4O4S2/c1-28-17-4-2-14(3-5-17)20-23-24-21(29-20)31-13-18(26)25-9-6-16(7-10-25)22-19(27)15-8-11-30-12-15/h2-5,8,11-12,16H,6-7,9-10,13H2,1H3,(H,22,27). The van der Waals surface area contributed by atoms with Crippen molar-refractivity contribution >= 4 is 34.9 Å². The Morgan fingerprint density at radius 2 is 2.00 bits per heavy atom. The van der Waals surface area contributed by atoms with Gasteiger partial charge < -0.3 is 19.4 Å². The van der Waals surface area contributed by atoms with Crippen molar-refractivity contribution in [3.8, 4) is 17.2 Å². The Kier molecular flexibility index (Phi) is 6.88. The van der Waals surface area contributed by atoms with E-state index in [0.717, 1.165) is 24.2 Å². The van der Waals surface area contributed by atoms with E-state index in [2.05, 4.69) is 15.5 Å². The number of aromatic nitrogens is 2. The van der Waals surface area contributed by atoms with E-state index in [1.54, 1.807) is 7.11 Å². The second kappa shape index (κ2) is 9.97. The average molecular weight is 459 g/mol. The second-order valence-corrected chi connectivity index (χ2v) is 8.74. The first kappa shape index (κ1) is 21.4. The van der Waals surface area contributed by atoms with Crippen LogP contribution < -0.4 is 10.1 Å². The monoisotopic (exact) mass is 458 g/mol. The molecule has 1 N–H and O–H groups in total. The van der Waals surface area contributed by atoms with E-state index in [-0.39, 0.29) is 23.6 Å². The van der Waals surface area contributed by atoms with E-state index in [4.69, 9.17) is 9.15 Å². The number of nitrogens with one attached hydrogen (secondary N) is 1. The molecule has 10 heteroatoms. The van der Waals surface area contributed by atoms with Gasteiger partial charge in [0.2, 0.25) is 11.8 Å². The minimum Gasteiger partial charge on any atom is -0.497 e. The molecular weight excluding hydrogens is 436 g/mol. The third-order valence-electron chi connectivity index (χ3n) is 5.03. The zero-order valence-electron chi connectivity index (χ0n) is 16.9. The summed E-state index contributed by atoms with van der Waals surface area (Å²) in [5.74, 6) is 1.36. The lowest BCUT2D eigenvalue weighted by Gasteiger charge is -2.32. The fourth-order valence-corrected chi connectivity index (χ4v) is 4.57. The van der Waals surface area contributed by atoms with Crippen molar-refractivity contribution in [2.24, 2.45) is 0 Å². The first-order valence-corrected chi connectivity index (χ1v) is 11.8. The van der Waals surface area contributed by atoms with Gasteiger partial charge >= 0.3 is 0 Å². The SMILES string of the molecule is COc1ccc(-c2nnc(SCC(=O)N3CCC(NC(=O)c4ccsc4)CC3)o2)cc1. The molecule has 1 aliphatic rings. The molecule has 0 bridgehead atoms. The van der Waals surface area contributed by atoms with Gasteiger partial charge in [0.25, 0.3) is 11.1 Å². The molecule has 162 valence electrons. The number of hydrogen-bond donors (Lipinski definition) is 1. The smallest absolute Gasteiger partial charge is 0.277 e. The summed E-state index contributed by atoms with van der Waals surface area (Å²) in [4.78, 5) is 26.5. The van der Waals surface area contributed by atoms with Gasteiger partial charge in [0.15, 0.2) is 0 Å². The number of carbonyl (C=O) groups excluding carboxylic acids is 2. The van der Waals surface area contributed by atoms with Crippen molar-refractivity contribution in [3.05, 3.63) is 46.7 Å². The Morgan fingerprint density at radius 1 is 1.23 bits per heavy atom. The van der Waals surface area contributed by atoms with Crippen molar-refractivity contribution in [1.29, 1.82) is 0 Å². The van der Waals surface area contributed by atoms with Gasteiger partial charge in [0.1, 0.15) is 5.75 Å². The van der Waals surface area contributed by atoms with Crippen LogP contribution in [-0.2, 0) is 4.79 Å². The Bertz CT molecular complexity index is 1010. The third-order valence-corrected chi connectivity index (χ3v) is 6.52. The number of methoxy groups -OCH3 is 1. The summed E-state index contributed by atoms with van der Waals surface area (Å²) in [7, 11) is 1.61. The molecule has 0 aliphatic carbocycles. The number of rotatable bonds is 7. The molecule has 2 aromatic heterocycles. The van der Waals surface area contributed by atoms with Crippen molar-refractivity contribution in [1.82, 2.24) is 20.4 Å². The summed E-state index contributed by atoms with van der Waals surface area (Å²) in [6, 6.07) is 9.23. The normalized spacial score (nSPS) is 14.4. The molecule has 0 spiro atoms. The Hall–Kier alpha value is -2.85. The molecule has 1 aromatic carbocycles. The number of thioether (sulfide) groups is 1. The highest BCUT2D eigenvalue weighted by Crippen LogP contribution is 2.25.